The number of urea groups is 1. The zero-order valence-electron chi connectivity index (χ0n) is 8.67. The summed E-state index contributed by atoms with van der Waals surface area (Å²) in [5.41, 5.74) is 1.62. The van der Waals surface area contributed by atoms with Gasteiger partial charge in [-0.3, -0.25) is 4.57 Å². The number of benzene rings is 1. The first-order valence-electron chi connectivity index (χ1n) is 4.53. The second-order valence-electron chi connectivity index (χ2n) is 3.32. The molecule has 0 aliphatic heterocycles. The van der Waals surface area contributed by atoms with Crippen LogP contribution < -0.4 is 10.6 Å². The van der Waals surface area contributed by atoms with Gasteiger partial charge in [-0.15, -0.1) is 0 Å². The van der Waals surface area contributed by atoms with Crippen LogP contribution in [0.5, 0.6) is 0 Å². The van der Waals surface area contributed by atoms with E-state index in [1.807, 2.05) is 19.1 Å². The van der Waals surface area contributed by atoms with Crippen molar-refractivity contribution in [3.63, 3.8) is 0 Å². The van der Waals surface area contributed by atoms with Crippen LogP contribution >= 0.6 is 7.60 Å². The summed E-state index contributed by atoms with van der Waals surface area (Å²) >= 11 is 0. The highest BCUT2D eigenvalue weighted by Gasteiger charge is 2.13. The van der Waals surface area contributed by atoms with Crippen molar-refractivity contribution in [2.24, 2.45) is 0 Å². The van der Waals surface area contributed by atoms with Gasteiger partial charge in [0.15, 0.2) is 0 Å². The predicted molar refractivity (Wildman–Crippen MR) is 60.2 cm³/mol. The first kappa shape index (κ1) is 12.7. The van der Waals surface area contributed by atoms with Crippen molar-refractivity contribution in [2.45, 2.75) is 6.92 Å². The first-order valence-corrected chi connectivity index (χ1v) is 6.33. The highest BCUT2D eigenvalue weighted by molar-refractivity contribution is 7.51. The van der Waals surface area contributed by atoms with Crippen LogP contribution in [0.4, 0.5) is 10.5 Å². The molecule has 0 radical (unpaired) electrons. The van der Waals surface area contributed by atoms with Gasteiger partial charge < -0.3 is 20.4 Å². The quantitative estimate of drug-likeness (QED) is 0.601. The molecule has 0 aromatic heterocycles. The molecule has 2 amide bonds. The molecule has 0 fully saturated rings. The van der Waals surface area contributed by atoms with Crippen molar-refractivity contribution in [2.75, 3.05) is 11.6 Å². The monoisotopic (exact) mass is 244 g/mol. The summed E-state index contributed by atoms with van der Waals surface area (Å²) in [7, 11) is -4.20. The number of hydrogen-bond donors (Lipinski definition) is 4. The summed E-state index contributed by atoms with van der Waals surface area (Å²) in [6.45, 7) is 1.91. The summed E-state index contributed by atoms with van der Waals surface area (Å²) in [5, 5.41) is 4.52. The van der Waals surface area contributed by atoms with E-state index >= 15 is 0 Å². The Labute approximate surface area is 92.8 Å². The molecule has 16 heavy (non-hydrogen) atoms. The lowest BCUT2D eigenvalue weighted by Gasteiger charge is -2.08. The SMILES string of the molecule is Cc1ccc(NC(=O)NCP(=O)(O)O)cc1. The van der Waals surface area contributed by atoms with Gasteiger partial charge in [0.1, 0.15) is 6.29 Å². The third kappa shape index (κ3) is 4.93. The minimum Gasteiger partial charge on any atom is -0.326 e. The van der Waals surface area contributed by atoms with Gasteiger partial charge in [0, 0.05) is 5.69 Å². The highest BCUT2D eigenvalue weighted by Crippen LogP contribution is 2.31. The van der Waals surface area contributed by atoms with E-state index in [1.54, 1.807) is 12.1 Å². The van der Waals surface area contributed by atoms with Gasteiger partial charge in [0.2, 0.25) is 0 Å². The third-order valence-corrected chi connectivity index (χ3v) is 2.33. The summed E-state index contributed by atoms with van der Waals surface area (Å²) in [6.07, 6.45) is -0.676. The molecule has 88 valence electrons. The molecular weight excluding hydrogens is 231 g/mol. The van der Waals surface area contributed by atoms with Crippen LogP contribution in [0.3, 0.4) is 0 Å². The summed E-state index contributed by atoms with van der Waals surface area (Å²) in [5.74, 6) is 0. The smallest absolute Gasteiger partial charge is 0.326 e. The topological polar surface area (TPSA) is 98.7 Å². The maximum Gasteiger partial charge on any atom is 0.344 e. The second kappa shape index (κ2) is 5.12. The van der Waals surface area contributed by atoms with E-state index in [-0.39, 0.29) is 0 Å². The van der Waals surface area contributed by atoms with Gasteiger partial charge in [-0.25, -0.2) is 4.79 Å². The highest BCUT2D eigenvalue weighted by atomic mass is 31.2. The van der Waals surface area contributed by atoms with Crippen LogP contribution in [0.2, 0.25) is 0 Å². The molecule has 1 rings (SSSR count). The van der Waals surface area contributed by atoms with Gasteiger partial charge in [0.25, 0.3) is 0 Å². The fourth-order valence-corrected chi connectivity index (χ4v) is 1.34. The van der Waals surface area contributed by atoms with Crippen LogP contribution in [0.1, 0.15) is 5.56 Å². The number of amides is 2. The van der Waals surface area contributed by atoms with Crippen LogP contribution in [0.15, 0.2) is 24.3 Å². The van der Waals surface area contributed by atoms with E-state index in [4.69, 9.17) is 9.79 Å². The zero-order valence-corrected chi connectivity index (χ0v) is 9.57. The molecule has 0 atom stereocenters. The maximum absolute atomic E-state index is 11.2. The number of carbonyl (C=O) groups is 1. The van der Waals surface area contributed by atoms with Crippen molar-refractivity contribution >= 4 is 19.3 Å². The molecule has 0 aliphatic carbocycles. The normalized spacial score (nSPS) is 10.9. The molecule has 0 spiro atoms. The molecule has 1 aromatic carbocycles. The van der Waals surface area contributed by atoms with E-state index in [2.05, 4.69) is 10.6 Å². The van der Waals surface area contributed by atoms with Crippen LogP contribution in [0, 0.1) is 6.92 Å². The number of hydrogen-bond acceptors (Lipinski definition) is 2. The minimum absolute atomic E-state index is 0.564. The van der Waals surface area contributed by atoms with E-state index in [9.17, 15) is 9.36 Å². The lowest BCUT2D eigenvalue weighted by atomic mass is 10.2. The van der Waals surface area contributed by atoms with Crippen LogP contribution in [0.25, 0.3) is 0 Å². The van der Waals surface area contributed by atoms with Gasteiger partial charge in [-0.1, -0.05) is 17.7 Å². The molecular formula is C9H13N2O4P. The van der Waals surface area contributed by atoms with Crippen molar-refractivity contribution in [1.29, 1.82) is 0 Å². The van der Waals surface area contributed by atoms with Crippen LogP contribution in [-0.2, 0) is 4.57 Å². The second-order valence-corrected chi connectivity index (χ2v) is 4.97. The fourth-order valence-electron chi connectivity index (χ4n) is 0.987. The third-order valence-electron chi connectivity index (χ3n) is 1.76. The Bertz CT molecular complexity index is 412. The molecule has 0 saturated carbocycles. The van der Waals surface area contributed by atoms with E-state index in [0.29, 0.717) is 5.69 Å². The molecule has 0 aliphatic rings. The fraction of sp³-hybridized carbons (Fsp3) is 0.222. The van der Waals surface area contributed by atoms with Crippen molar-refractivity contribution in [3.8, 4) is 0 Å². The number of rotatable bonds is 3. The average Bonchev–Trinajstić information content (AvgIpc) is 2.18. The van der Waals surface area contributed by atoms with Gasteiger partial charge >= 0.3 is 13.6 Å². The molecule has 4 N–H and O–H groups in total. The Balaban J connectivity index is 2.46. The van der Waals surface area contributed by atoms with Gasteiger partial charge in [-0.2, -0.15) is 0 Å². The van der Waals surface area contributed by atoms with Crippen LogP contribution in [-0.4, -0.2) is 22.1 Å². The Kier molecular flexibility index (Phi) is 4.06. The lowest BCUT2D eigenvalue weighted by molar-refractivity contribution is 0.252. The number of nitrogens with one attached hydrogen (secondary N) is 2. The Morgan fingerprint density at radius 1 is 1.31 bits per heavy atom. The largest absolute Gasteiger partial charge is 0.344 e. The molecule has 0 unspecified atom stereocenters. The molecule has 1 aromatic rings. The number of anilines is 1. The van der Waals surface area contributed by atoms with Crippen molar-refractivity contribution in [3.05, 3.63) is 29.8 Å². The van der Waals surface area contributed by atoms with E-state index < -0.39 is 19.9 Å². The summed E-state index contributed by atoms with van der Waals surface area (Å²) in [4.78, 5) is 28.3. The van der Waals surface area contributed by atoms with E-state index in [1.165, 1.54) is 0 Å². The Morgan fingerprint density at radius 2 is 1.88 bits per heavy atom. The number of carbonyl (C=O) groups excluding carboxylic acids is 1. The van der Waals surface area contributed by atoms with E-state index in [0.717, 1.165) is 5.56 Å². The maximum atomic E-state index is 11.2. The van der Waals surface area contributed by atoms with Crippen molar-refractivity contribution < 1.29 is 19.1 Å². The standard InChI is InChI=1S/C9H13N2O4P/c1-7-2-4-8(5-3-7)11-9(12)10-6-16(13,14)15/h2-5H,6H2,1H3,(H2,10,11,12)(H2,13,14,15). The van der Waals surface area contributed by atoms with Crippen molar-refractivity contribution in [1.82, 2.24) is 5.32 Å². The molecule has 0 bridgehead atoms. The molecule has 7 heteroatoms. The average molecular weight is 244 g/mol. The molecule has 0 saturated heterocycles. The van der Waals surface area contributed by atoms with Gasteiger partial charge in [0.05, 0.1) is 0 Å². The first-order chi connectivity index (χ1) is 7.37. The Morgan fingerprint density at radius 3 is 2.38 bits per heavy atom. The number of aryl methyl sites for hydroxylation is 1. The van der Waals surface area contributed by atoms with Gasteiger partial charge in [-0.05, 0) is 19.1 Å². The lowest BCUT2D eigenvalue weighted by Crippen LogP contribution is -2.29. The zero-order chi connectivity index (χ0) is 12.2. The molecule has 0 heterocycles. The summed E-state index contributed by atoms with van der Waals surface area (Å²) < 4.78 is 10.5. The Hall–Kier alpha value is -1.36. The predicted octanol–water partition coefficient (Wildman–Crippen LogP) is 1.25. The minimum atomic E-state index is -4.20. The molecule has 6 nitrogen and oxygen atoms in total. The summed E-state index contributed by atoms with van der Waals surface area (Å²) in [6, 6.07) is 6.39.